The molecule has 160 valence electrons. The van der Waals surface area contributed by atoms with Crippen molar-refractivity contribution in [1.82, 2.24) is 9.29 Å². The molecule has 0 saturated heterocycles. The molecule has 13 heteroatoms. The summed E-state index contributed by atoms with van der Waals surface area (Å²) in [7, 11) is -4.43. The number of likely N-dealkylation sites (N-methyl/N-ethyl adjacent to an activating group) is 1. The molecule has 0 unspecified atom stereocenters. The number of aliphatic hydroxyl groups excluding tert-OH is 1. The fraction of sp³-hybridized carbons (Fsp3) is 0.312. The predicted octanol–water partition coefficient (Wildman–Crippen LogP) is 3.05. The number of ether oxygens (including phenoxy) is 1. The van der Waals surface area contributed by atoms with Crippen LogP contribution in [0.3, 0.4) is 0 Å². The second kappa shape index (κ2) is 8.88. The first-order valence-corrected chi connectivity index (χ1v) is 9.48. The summed E-state index contributed by atoms with van der Waals surface area (Å²) < 4.78 is 95.5. The smallest absolute Gasteiger partial charge is 0.415 e. The average molecular weight is 441 g/mol. The Labute approximate surface area is 162 Å². The molecule has 0 aliphatic carbocycles. The maximum absolute atomic E-state index is 13.2. The van der Waals surface area contributed by atoms with Gasteiger partial charge in [0.1, 0.15) is 17.3 Å². The minimum absolute atomic E-state index is 0.0303. The number of hydrogen-bond acceptors (Lipinski definition) is 5. The largest absolute Gasteiger partial charge is 0.456 e. The summed E-state index contributed by atoms with van der Waals surface area (Å²) in [6.45, 7) is -0.221. The third-order valence-electron chi connectivity index (χ3n) is 3.54. The Bertz CT molecular complexity index is 939. The van der Waals surface area contributed by atoms with Crippen molar-refractivity contribution in [3.8, 4) is 11.5 Å². The highest BCUT2D eigenvalue weighted by Gasteiger charge is 2.41. The van der Waals surface area contributed by atoms with Gasteiger partial charge < -0.3 is 9.84 Å². The van der Waals surface area contributed by atoms with Gasteiger partial charge in [-0.2, -0.15) is 25.9 Å². The number of halogens is 5. The lowest BCUT2D eigenvalue weighted by Gasteiger charge is -2.24. The van der Waals surface area contributed by atoms with Crippen molar-refractivity contribution in [3.05, 3.63) is 48.2 Å². The van der Waals surface area contributed by atoms with E-state index in [-0.39, 0.29) is 23.9 Å². The molecule has 2 rings (SSSR count). The number of hydrogen-bond donors (Lipinski definition) is 2. The van der Waals surface area contributed by atoms with Crippen LogP contribution in [0.1, 0.15) is 6.92 Å². The third kappa shape index (κ3) is 6.24. The van der Waals surface area contributed by atoms with E-state index in [1.807, 2.05) is 4.72 Å². The third-order valence-corrected chi connectivity index (χ3v) is 5.10. The van der Waals surface area contributed by atoms with Crippen LogP contribution in [-0.4, -0.2) is 48.2 Å². The van der Waals surface area contributed by atoms with Gasteiger partial charge in [-0.25, -0.2) is 13.8 Å². The quantitative estimate of drug-likeness (QED) is 0.615. The summed E-state index contributed by atoms with van der Waals surface area (Å²) in [5.74, 6) is -2.38. The van der Waals surface area contributed by atoms with Crippen LogP contribution >= 0.6 is 0 Å². The Morgan fingerprint density at radius 2 is 1.83 bits per heavy atom. The van der Waals surface area contributed by atoms with Crippen LogP contribution in [0.4, 0.5) is 27.8 Å². The fourth-order valence-corrected chi connectivity index (χ4v) is 3.26. The van der Waals surface area contributed by atoms with Crippen LogP contribution < -0.4 is 9.46 Å². The second-order valence-corrected chi connectivity index (χ2v) is 7.34. The molecule has 0 saturated carbocycles. The fourth-order valence-electron chi connectivity index (χ4n) is 2.07. The summed E-state index contributed by atoms with van der Waals surface area (Å²) in [6.07, 6.45) is -6.75. The van der Waals surface area contributed by atoms with Gasteiger partial charge >= 0.3 is 16.4 Å². The zero-order chi connectivity index (χ0) is 21.8. The molecule has 7 nitrogen and oxygen atoms in total. The predicted molar refractivity (Wildman–Crippen MR) is 92.5 cm³/mol. The number of benzene rings is 1. The van der Waals surface area contributed by atoms with Crippen LogP contribution in [0.5, 0.6) is 11.5 Å². The first kappa shape index (κ1) is 22.8. The van der Waals surface area contributed by atoms with Crippen molar-refractivity contribution in [2.75, 3.05) is 17.8 Å². The van der Waals surface area contributed by atoms with Crippen molar-refractivity contribution in [3.63, 3.8) is 0 Å². The van der Waals surface area contributed by atoms with Gasteiger partial charge in [-0.1, -0.05) is 6.92 Å². The van der Waals surface area contributed by atoms with Crippen LogP contribution in [-0.2, 0) is 10.2 Å². The Hall–Kier alpha value is -2.51. The van der Waals surface area contributed by atoms with Crippen molar-refractivity contribution in [2.24, 2.45) is 0 Å². The highest BCUT2D eigenvalue weighted by Crippen LogP contribution is 2.24. The van der Waals surface area contributed by atoms with E-state index in [0.717, 1.165) is 24.4 Å². The Morgan fingerprint density at radius 1 is 1.17 bits per heavy atom. The summed E-state index contributed by atoms with van der Waals surface area (Å²) in [4.78, 5) is 3.75. The maximum atomic E-state index is 13.2. The first-order valence-electron chi connectivity index (χ1n) is 8.04. The Balaban J connectivity index is 2.07. The average Bonchev–Trinajstić information content (AvgIpc) is 2.63. The second-order valence-electron chi connectivity index (χ2n) is 5.67. The lowest BCUT2D eigenvalue weighted by atomic mass is 10.3. The molecule has 0 spiro atoms. The monoisotopic (exact) mass is 441 g/mol. The van der Waals surface area contributed by atoms with Gasteiger partial charge in [-0.15, -0.1) is 0 Å². The Kier molecular flexibility index (Phi) is 6.97. The van der Waals surface area contributed by atoms with E-state index in [0.29, 0.717) is 4.31 Å². The molecule has 0 aliphatic rings. The normalized spacial score (nSPS) is 13.4. The lowest BCUT2D eigenvalue weighted by Crippen LogP contribution is -2.45. The van der Waals surface area contributed by atoms with Gasteiger partial charge in [0.2, 0.25) is 0 Å². The maximum Gasteiger partial charge on any atom is 0.415 e. The number of nitrogens with one attached hydrogen (secondary N) is 1. The van der Waals surface area contributed by atoms with E-state index in [9.17, 15) is 30.4 Å². The van der Waals surface area contributed by atoms with Gasteiger partial charge in [0.25, 0.3) is 0 Å². The number of pyridine rings is 1. The lowest BCUT2D eigenvalue weighted by molar-refractivity contribution is -0.205. The number of aliphatic hydroxyl groups is 1. The molecule has 1 aromatic carbocycles. The molecule has 1 atom stereocenters. The number of alkyl halides is 3. The molecule has 1 heterocycles. The van der Waals surface area contributed by atoms with Crippen molar-refractivity contribution in [2.45, 2.75) is 19.2 Å². The van der Waals surface area contributed by atoms with E-state index in [2.05, 4.69) is 4.98 Å². The standard InChI is InChI=1S/C16H16F5N3O4S/c1-2-24(9-14(25)16(19,20)21)29(26,27)23-15-6-4-11(8-22-15)28-10-3-5-12(17)13(18)7-10/h3-8,14,25H,2,9H2,1H3,(H,22,23)/t14-/m1/s1. The number of nitrogens with zero attached hydrogens (tertiary/aromatic N) is 2. The molecule has 29 heavy (non-hydrogen) atoms. The van der Waals surface area contributed by atoms with Gasteiger partial charge in [-0.05, 0) is 24.3 Å². The summed E-state index contributed by atoms with van der Waals surface area (Å²) >= 11 is 0. The number of rotatable bonds is 8. The van der Waals surface area contributed by atoms with E-state index in [1.54, 1.807) is 0 Å². The highest BCUT2D eigenvalue weighted by molar-refractivity contribution is 7.90. The van der Waals surface area contributed by atoms with Crippen molar-refractivity contribution < 1.29 is 40.2 Å². The number of aromatic nitrogens is 1. The molecule has 0 fully saturated rings. The minimum atomic E-state index is -4.97. The van der Waals surface area contributed by atoms with Gasteiger partial charge in [0, 0.05) is 12.6 Å². The SMILES string of the molecule is CCN(C[C@@H](O)C(F)(F)F)S(=O)(=O)Nc1ccc(Oc2ccc(F)c(F)c2)cn1. The molecular formula is C16H16F5N3O4S. The first-order chi connectivity index (χ1) is 13.4. The molecular weight excluding hydrogens is 425 g/mol. The summed E-state index contributed by atoms with van der Waals surface area (Å²) in [5.41, 5.74) is 0. The van der Waals surface area contributed by atoms with Crippen molar-refractivity contribution in [1.29, 1.82) is 0 Å². The molecule has 0 amide bonds. The number of anilines is 1. The highest BCUT2D eigenvalue weighted by atomic mass is 32.2. The Morgan fingerprint density at radius 3 is 2.34 bits per heavy atom. The molecule has 2 N–H and O–H groups in total. The van der Waals surface area contributed by atoms with Crippen LogP contribution in [0.2, 0.25) is 0 Å². The minimum Gasteiger partial charge on any atom is -0.456 e. The summed E-state index contributed by atoms with van der Waals surface area (Å²) in [5, 5.41) is 9.09. The zero-order valence-electron chi connectivity index (χ0n) is 14.8. The zero-order valence-corrected chi connectivity index (χ0v) is 15.6. The summed E-state index contributed by atoms with van der Waals surface area (Å²) in [6, 6.07) is 5.24. The topological polar surface area (TPSA) is 91.8 Å². The van der Waals surface area contributed by atoms with Gasteiger partial charge in [0.15, 0.2) is 17.7 Å². The van der Waals surface area contributed by atoms with Gasteiger partial charge in [0.05, 0.1) is 12.7 Å². The molecule has 0 bridgehead atoms. The van der Waals surface area contributed by atoms with Gasteiger partial charge in [-0.3, -0.25) is 4.72 Å². The van der Waals surface area contributed by atoms with Crippen molar-refractivity contribution >= 4 is 16.0 Å². The molecule has 0 radical (unpaired) electrons. The van der Waals surface area contributed by atoms with Crippen LogP contribution in [0.15, 0.2) is 36.5 Å². The van der Waals surface area contributed by atoms with E-state index in [4.69, 9.17) is 9.84 Å². The molecule has 1 aromatic heterocycles. The molecule has 2 aromatic rings. The van der Waals surface area contributed by atoms with Crippen LogP contribution in [0, 0.1) is 11.6 Å². The van der Waals surface area contributed by atoms with E-state index < -0.39 is 40.7 Å². The molecule has 0 aliphatic heterocycles. The van der Waals surface area contributed by atoms with E-state index >= 15 is 0 Å². The van der Waals surface area contributed by atoms with E-state index in [1.165, 1.54) is 19.1 Å². The van der Waals surface area contributed by atoms with Crippen LogP contribution in [0.25, 0.3) is 0 Å².